The molecule has 0 spiro atoms. The van der Waals surface area contributed by atoms with E-state index in [1.165, 1.54) is 6.07 Å². The molecule has 3 N–H and O–H groups in total. The van der Waals surface area contributed by atoms with E-state index in [4.69, 9.17) is 5.73 Å². The monoisotopic (exact) mass is 286 g/mol. The molecule has 1 rings (SSSR count). The van der Waals surface area contributed by atoms with Crippen molar-refractivity contribution in [2.75, 3.05) is 0 Å². The van der Waals surface area contributed by atoms with Gasteiger partial charge in [0.15, 0.2) is 0 Å². The topological polar surface area (TPSA) is 64.3 Å². The summed E-state index contributed by atoms with van der Waals surface area (Å²) in [5, 5.41) is 2.68. The summed E-state index contributed by atoms with van der Waals surface area (Å²) in [6.45, 7) is 2.52. The first-order valence-corrected chi connectivity index (χ1v) is 6.39. The molecule has 20 heavy (non-hydrogen) atoms. The number of nitrogens with one attached hydrogen (secondary N) is 1. The number of alkyl halides is 2. The van der Waals surface area contributed by atoms with E-state index >= 15 is 0 Å². The van der Waals surface area contributed by atoms with E-state index < -0.39 is 6.61 Å². The molecule has 0 radical (unpaired) electrons. The quantitative estimate of drug-likeness (QED) is 0.842. The van der Waals surface area contributed by atoms with Crippen LogP contribution in [0.5, 0.6) is 5.75 Å². The van der Waals surface area contributed by atoms with Crippen molar-refractivity contribution < 1.29 is 18.3 Å². The van der Waals surface area contributed by atoms with Gasteiger partial charge in [-0.25, -0.2) is 0 Å². The average Bonchev–Trinajstić information content (AvgIpc) is 2.37. The van der Waals surface area contributed by atoms with E-state index in [1.54, 1.807) is 26.0 Å². The van der Waals surface area contributed by atoms with E-state index in [-0.39, 0.29) is 30.2 Å². The van der Waals surface area contributed by atoms with Gasteiger partial charge in [0.25, 0.3) is 0 Å². The molecule has 4 nitrogen and oxygen atoms in total. The van der Waals surface area contributed by atoms with Gasteiger partial charge in [0.05, 0.1) is 0 Å². The maximum absolute atomic E-state index is 12.3. The molecular formula is C14H20F2N2O2. The molecule has 1 aromatic rings. The van der Waals surface area contributed by atoms with Gasteiger partial charge < -0.3 is 15.8 Å². The summed E-state index contributed by atoms with van der Waals surface area (Å²) in [6, 6.07) is 4.57. The van der Waals surface area contributed by atoms with Crippen molar-refractivity contribution in [3.8, 4) is 5.75 Å². The Morgan fingerprint density at radius 3 is 2.60 bits per heavy atom. The highest BCUT2D eigenvalue weighted by Gasteiger charge is 2.17. The Bertz CT molecular complexity index is 464. The van der Waals surface area contributed by atoms with Crippen LogP contribution in [0.4, 0.5) is 8.78 Å². The molecule has 0 fully saturated rings. The molecule has 0 aromatic heterocycles. The zero-order valence-corrected chi connectivity index (χ0v) is 11.8. The number of halogens is 2. The number of aryl methyl sites for hydroxylation is 1. The zero-order chi connectivity index (χ0) is 15.3. The van der Waals surface area contributed by atoms with Crippen molar-refractivity contribution in [3.63, 3.8) is 0 Å². The van der Waals surface area contributed by atoms with Crippen molar-refractivity contribution in [1.29, 1.82) is 0 Å². The normalized spacial score (nSPS) is 13.9. The van der Waals surface area contributed by atoms with Crippen LogP contribution in [0.25, 0.3) is 0 Å². The third kappa shape index (κ3) is 4.77. The Kier molecular flexibility index (Phi) is 5.88. The predicted molar refractivity (Wildman–Crippen MR) is 72.5 cm³/mol. The first-order chi connectivity index (χ1) is 9.31. The summed E-state index contributed by atoms with van der Waals surface area (Å²) in [7, 11) is 0. The lowest BCUT2D eigenvalue weighted by Gasteiger charge is -2.17. The number of amides is 1. The number of carbonyl (C=O) groups excluding carboxylic acids is 1. The maximum atomic E-state index is 12.3. The standard InChI is InChI=1S/C14H20F2N2O2/c1-8-4-5-12(20-14(15)16)11(6-8)7-18-13(19)9(2)10(3)17/h4-6,9-10,14H,7,17H2,1-3H3,(H,18,19). The van der Waals surface area contributed by atoms with Gasteiger partial charge >= 0.3 is 6.61 Å². The summed E-state index contributed by atoms with van der Waals surface area (Å²) in [5.74, 6) is -0.497. The van der Waals surface area contributed by atoms with Crippen LogP contribution in [-0.2, 0) is 11.3 Å². The van der Waals surface area contributed by atoms with Crippen LogP contribution in [0, 0.1) is 12.8 Å². The molecular weight excluding hydrogens is 266 g/mol. The van der Waals surface area contributed by atoms with Gasteiger partial charge in [-0.1, -0.05) is 24.6 Å². The highest BCUT2D eigenvalue weighted by Crippen LogP contribution is 2.22. The number of carbonyl (C=O) groups is 1. The summed E-state index contributed by atoms with van der Waals surface area (Å²) < 4.78 is 29.0. The maximum Gasteiger partial charge on any atom is 0.387 e. The molecule has 1 aromatic carbocycles. The molecule has 6 heteroatoms. The van der Waals surface area contributed by atoms with Gasteiger partial charge in [0, 0.05) is 24.1 Å². The van der Waals surface area contributed by atoms with Crippen molar-refractivity contribution >= 4 is 5.91 Å². The SMILES string of the molecule is Cc1ccc(OC(F)F)c(CNC(=O)C(C)C(C)N)c1. The second kappa shape index (κ2) is 7.19. The van der Waals surface area contributed by atoms with Gasteiger partial charge in [-0.3, -0.25) is 4.79 Å². The minimum atomic E-state index is -2.89. The molecule has 0 heterocycles. The fraction of sp³-hybridized carbons (Fsp3) is 0.500. The van der Waals surface area contributed by atoms with E-state index in [9.17, 15) is 13.6 Å². The van der Waals surface area contributed by atoms with Crippen LogP contribution in [0.1, 0.15) is 25.0 Å². The molecule has 2 atom stereocenters. The predicted octanol–water partition coefficient (Wildman–Crippen LogP) is 2.20. The number of hydrogen-bond acceptors (Lipinski definition) is 3. The lowest BCUT2D eigenvalue weighted by Crippen LogP contribution is -2.38. The fourth-order valence-corrected chi connectivity index (χ4v) is 1.64. The van der Waals surface area contributed by atoms with Crippen molar-refractivity contribution in [2.24, 2.45) is 11.7 Å². The molecule has 0 aliphatic heterocycles. The summed E-state index contributed by atoms with van der Waals surface area (Å²) in [4.78, 5) is 11.8. The average molecular weight is 286 g/mol. The van der Waals surface area contributed by atoms with E-state index in [0.717, 1.165) is 5.56 Å². The first kappa shape index (κ1) is 16.4. The molecule has 0 saturated carbocycles. The van der Waals surface area contributed by atoms with E-state index in [2.05, 4.69) is 10.1 Å². The van der Waals surface area contributed by atoms with Gasteiger partial charge in [-0.2, -0.15) is 8.78 Å². The van der Waals surface area contributed by atoms with Crippen LogP contribution < -0.4 is 15.8 Å². The smallest absolute Gasteiger partial charge is 0.387 e. The van der Waals surface area contributed by atoms with Gasteiger partial charge in [-0.15, -0.1) is 0 Å². The van der Waals surface area contributed by atoms with Gasteiger partial charge in [0.1, 0.15) is 5.75 Å². The highest BCUT2D eigenvalue weighted by atomic mass is 19.3. The van der Waals surface area contributed by atoms with Gasteiger partial charge in [0.2, 0.25) is 5.91 Å². The largest absolute Gasteiger partial charge is 0.434 e. The lowest BCUT2D eigenvalue weighted by molar-refractivity contribution is -0.125. The van der Waals surface area contributed by atoms with E-state index in [0.29, 0.717) is 5.56 Å². The van der Waals surface area contributed by atoms with Crippen LogP contribution in [0.3, 0.4) is 0 Å². The number of benzene rings is 1. The number of rotatable bonds is 6. The first-order valence-electron chi connectivity index (χ1n) is 6.39. The molecule has 0 aliphatic carbocycles. The number of nitrogens with two attached hydrogens (primary N) is 1. The number of hydrogen-bond donors (Lipinski definition) is 2. The highest BCUT2D eigenvalue weighted by molar-refractivity contribution is 5.79. The Balaban J connectivity index is 2.76. The van der Waals surface area contributed by atoms with Gasteiger partial charge in [-0.05, 0) is 19.9 Å². The molecule has 0 bridgehead atoms. The van der Waals surface area contributed by atoms with Crippen LogP contribution in [0.15, 0.2) is 18.2 Å². The molecule has 0 aliphatic rings. The van der Waals surface area contributed by atoms with Crippen LogP contribution in [-0.4, -0.2) is 18.6 Å². The fourth-order valence-electron chi connectivity index (χ4n) is 1.64. The minimum absolute atomic E-state index is 0.0688. The summed E-state index contributed by atoms with van der Waals surface area (Å²) >= 11 is 0. The Morgan fingerprint density at radius 2 is 2.05 bits per heavy atom. The second-order valence-corrected chi connectivity index (χ2v) is 4.86. The Morgan fingerprint density at radius 1 is 1.40 bits per heavy atom. The summed E-state index contributed by atoms with van der Waals surface area (Å²) in [6.07, 6.45) is 0. The van der Waals surface area contributed by atoms with Crippen molar-refractivity contribution in [1.82, 2.24) is 5.32 Å². The van der Waals surface area contributed by atoms with Crippen LogP contribution >= 0.6 is 0 Å². The molecule has 1 amide bonds. The molecule has 0 saturated heterocycles. The molecule has 112 valence electrons. The van der Waals surface area contributed by atoms with Crippen LogP contribution in [0.2, 0.25) is 0 Å². The zero-order valence-electron chi connectivity index (χ0n) is 11.8. The van der Waals surface area contributed by atoms with Crippen molar-refractivity contribution in [3.05, 3.63) is 29.3 Å². The molecule has 2 unspecified atom stereocenters. The third-order valence-electron chi connectivity index (χ3n) is 3.09. The third-order valence-corrected chi connectivity index (χ3v) is 3.09. The Hall–Kier alpha value is -1.69. The second-order valence-electron chi connectivity index (χ2n) is 4.86. The number of ether oxygens (including phenoxy) is 1. The lowest BCUT2D eigenvalue weighted by atomic mass is 10.0. The Labute approximate surface area is 117 Å². The minimum Gasteiger partial charge on any atom is -0.434 e. The van der Waals surface area contributed by atoms with Crippen molar-refractivity contribution in [2.45, 2.75) is 40.0 Å². The van der Waals surface area contributed by atoms with E-state index in [1.807, 2.05) is 6.92 Å². The summed E-state index contributed by atoms with van der Waals surface area (Å²) in [5.41, 5.74) is 7.05.